The number of carbonyl (C=O) groups excluding carboxylic acids is 2. The van der Waals surface area contributed by atoms with Crippen molar-refractivity contribution in [1.82, 2.24) is 10.2 Å². The Bertz CT molecular complexity index is 1500. The minimum absolute atomic E-state index is 0.0253. The standard InChI is InChI=1S/C29H32Cl3N3O5S/c1-5-14-33-29(37)20(3)34(17-21-8-12-24(31)25(32)15-21)28(36)18-35(26-16-22(30)9-13-27(26)40-4)41(38,39)23-10-6-19(2)7-11-23/h6-13,15-16,20H,5,14,17-18H2,1-4H3,(H,33,37)/t20-/m0/s1. The van der Waals surface area contributed by atoms with Crippen LogP contribution in [0.2, 0.25) is 15.1 Å². The third-order valence-corrected chi connectivity index (χ3v) is 9.10. The Labute approximate surface area is 256 Å². The van der Waals surface area contributed by atoms with Crippen molar-refractivity contribution in [3.8, 4) is 5.75 Å². The number of nitrogens with zero attached hydrogens (tertiary/aromatic N) is 2. The summed E-state index contributed by atoms with van der Waals surface area (Å²) in [6.07, 6.45) is 0.705. The molecular formula is C29H32Cl3N3O5S. The van der Waals surface area contributed by atoms with Crippen molar-refractivity contribution >= 4 is 62.3 Å². The van der Waals surface area contributed by atoms with E-state index in [9.17, 15) is 18.0 Å². The number of sulfonamides is 1. The molecule has 1 N–H and O–H groups in total. The monoisotopic (exact) mass is 639 g/mol. The van der Waals surface area contributed by atoms with Gasteiger partial charge in [0.25, 0.3) is 10.0 Å². The second-order valence-electron chi connectivity index (χ2n) is 9.38. The highest BCUT2D eigenvalue weighted by molar-refractivity contribution is 7.92. The maximum atomic E-state index is 14.0. The van der Waals surface area contributed by atoms with Crippen LogP contribution in [0.25, 0.3) is 0 Å². The largest absolute Gasteiger partial charge is 0.495 e. The van der Waals surface area contributed by atoms with E-state index in [0.29, 0.717) is 23.6 Å². The van der Waals surface area contributed by atoms with Crippen LogP contribution in [0, 0.1) is 6.92 Å². The van der Waals surface area contributed by atoms with Crippen LogP contribution in [0.5, 0.6) is 5.75 Å². The van der Waals surface area contributed by atoms with Gasteiger partial charge >= 0.3 is 0 Å². The van der Waals surface area contributed by atoms with Crippen molar-refractivity contribution in [2.24, 2.45) is 0 Å². The maximum Gasteiger partial charge on any atom is 0.264 e. The summed E-state index contributed by atoms with van der Waals surface area (Å²) in [5.74, 6) is -0.816. The summed E-state index contributed by atoms with van der Waals surface area (Å²) < 4.78 is 34.4. The number of amides is 2. The number of ether oxygens (including phenoxy) is 1. The number of aryl methyl sites for hydroxylation is 1. The molecule has 0 spiro atoms. The Balaban J connectivity index is 2.10. The first-order valence-corrected chi connectivity index (χ1v) is 15.4. The number of nitrogens with one attached hydrogen (secondary N) is 1. The van der Waals surface area contributed by atoms with Crippen molar-refractivity contribution in [2.45, 2.75) is 44.7 Å². The summed E-state index contributed by atoms with van der Waals surface area (Å²) in [6.45, 7) is 5.09. The van der Waals surface area contributed by atoms with Crippen LogP contribution in [0.1, 0.15) is 31.4 Å². The number of carbonyl (C=O) groups is 2. The lowest BCUT2D eigenvalue weighted by Gasteiger charge is -2.32. The van der Waals surface area contributed by atoms with Gasteiger partial charge in [0.1, 0.15) is 18.3 Å². The molecule has 0 radical (unpaired) electrons. The molecule has 0 aromatic heterocycles. The van der Waals surface area contributed by atoms with E-state index >= 15 is 0 Å². The Morgan fingerprint density at radius 1 is 0.976 bits per heavy atom. The zero-order valence-corrected chi connectivity index (χ0v) is 26.2. The maximum absolute atomic E-state index is 14.0. The average Bonchev–Trinajstić information content (AvgIpc) is 2.94. The van der Waals surface area contributed by atoms with E-state index in [1.165, 1.54) is 36.3 Å². The minimum atomic E-state index is -4.29. The number of methoxy groups -OCH3 is 1. The van der Waals surface area contributed by atoms with E-state index < -0.39 is 28.5 Å². The van der Waals surface area contributed by atoms with Gasteiger partial charge in [0, 0.05) is 18.1 Å². The second kappa shape index (κ2) is 14.3. The highest BCUT2D eigenvalue weighted by Crippen LogP contribution is 2.35. The van der Waals surface area contributed by atoms with Crippen LogP contribution >= 0.6 is 34.8 Å². The van der Waals surface area contributed by atoms with Crippen LogP contribution in [0.15, 0.2) is 65.6 Å². The van der Waals surface area contributed by atoms with Gasteiger partial charge in [-0.2, -0.15) is 0 Å². The van der Waals surface area contributed by atoms with Gasteiger partial charge in [-0.3, -0.25) is 13.9 Å². The molecule has 0 aliphatic carbocycles. The molecule has 3 aromatic carbocycles. The lowest BCUT2D eigenvalue weighted by molar-refractivity contribution is -0.139. The Hall–Kier alpha value is -2.98. The summed E-state index contributed by atoms with van der Waals surface area (Å²) in [5.41, 5.74) is 1.55. The molecule has 0 fully saturated rings. The van der Waals surface area contributed by atoms with Crippen LogP contribution < -0.4 is 14.4 Å². The van der Waals surface area contributed by atoms with Crippen LogP contribution in [-0.2, 0) is 26.2 Å². The van der Waals surface area contributed by atoms with Gasteiger partial charge in [-0.1, -0.05) is 65.5 Å². The van der Waals surface area contributed by atoms with Gasteiger partial charge in [0.05, 0.1) is 27.7 Å². The first-order valence-electron chi connectivity index (χ1n) is 12.8. The summed E-state index contributed by atoms with van der Waals surface area (Å²) in [5, 5.41) is 3.67. The molecule has 0 aliphatic rings. The molecule has 2 amide bonds. The van der Waals surface area contributed by atoms with Gasteiger partial charge in [-0.05, 0) is 68.3 Å². The molecule has 41 heavy (non-hydrogen) atoms. The third kappa shape index (κ3) is 8.07. The molecule has 220 valence electrons. The van der Waals surface area contributed by atoms with E-state index in [4.69, 9.17) is 39.5 Å². The smallest absolute Gasteiger partial charge is 0.264 e. The van der Waals surface area contributed by atoms with Crippen molar-refractivity contribution in [2.75, 3.05) is 24.5 Å². The molecular weight excluding hydrogens is 609 g/mol. The van der Waals surface area contributed by atoms with Gasteiger partial charge in [0.2, 0.25) is 11.8 Å². The van der Waals surface area contributed by atoms with Gasteiger partial charge in [-0.15, -0.1) is 0 Å². The van der Waals surface area contributed by atoms with Gasteiger partial charge < -0.3 is 15.0 Å². The number of hydrogen-bond acceptors (Lipinski definition) is 5. The molecule has 1 atom stereocenters. The molecule has 0 heterocycles. The lowest BCUT2D eigenvalue weighted by Crippen LogP contribution is -2.51. The van der Waals surface area contributed by atoms with E-state index in [1.807, 2.05) is 13.8 Å². The van der Waals surface area contributed by atoms with E-state index in [2.05, 4.69) is 5.32 Å². The van der Waals surface area contributed by atoms with Crippen molar-refractivity contribution in [3.05, 3.63) is 86.9 Å². The fraction of sp³-hybridized carbons (Fsp3) is 0.310. The molecule has 3 rings (SSSR count). The SMILES string of the molecule is CCCNC(=O)[C@H](C)N(Cc1ccc(Cl)c(Cl)c1)C(=O)CN(c1cc(Cl)ccc1OC)S(=O)(=O)c1ccc(C)cc1. The van der Waals surface area contributed by atoms with Gasteiger partial charge in [0.15, 0.2) is 0 Å². The minimum Gasteiger partial charge on any atom is -0.495 e. The summed E-state index contributed by atoms with van der Waals surface area (Å²) >= 11 is 18.5. The normalized spacial score (nSPS) is 12.0. The van der Waals surface area contributed by atoms with E-state index in [-0.39, 0.29) is 38.8 Å². The molecule has 0 aliphatic heterocycles. The number of rotatable bonds is 12. The topological polar surface area (TPSA) is 96.0 Å². The Morgan fingerprint density at radius 3 is 2.27 bits per heavy atom. The summed E-state index contributed by atoms with van der Waals surface area (Å²) in [7, 11) is -2.90. The second-order valence-corrected chi connectivity index (χ2v) is 12.5. The highest BCUT2D eigenvalue weighted by Gasteiger charge is 2.34. The first kappa shape index (κ1) is 32.5. The van der Waals surface area contributed by atoms with Crippen molar-refractivity contribution in [3.63, 3.8) is 0 Å². The molecule has 0 bridgehead atoms. The molecule has 3 aromatic rings. The first-order chi connectivity index (χ1) is 19.4. The number of benzene rings is 3. The van der Waals surface area contributed by atoms with Crippen molar-refractivity contribution in [1.29, 1.82) is 0 Å². The number of anilines is 1. The van der Waals surface area contributed by atoms with Crippen LogP contribution in [0.4, 0.5) is 5.69 Å². The summed E-state index contributed by atoms with van der Waals surface area (Å²) in [4.78, 5) is 28.3. The average molecular weight is 641 g/mol. The van der Waals surface area contributed by atoms with Crippen molar-refractivity contribution < 1.29 is 22.7 Å². The fourth-order valence-corrected chi connectivity index (χ4v) is 5.93. The third-order valence-electron chi connectivity index (χ3n) is 6.35. The zero-order valence-electron chi connectivity index (χ0n) is 23.2. The number of halogens is 3. The Morgan fingerprint density at radius 2 is 1.66 bits per heavy atom. The molecule has 12 heteroatoms. The zero-order chi connectivity index (χ0) is 30.3. The predicted molar refractivity (Wildman–Crippen MR) is 163 cm³/mol. The highest BCUT2D eigenvalue weighted by atomic mass is 35.5. The quantitative estimate of drug-likeness (QED) is 0.258. The van der Waals surface area contributed by atoms with E-state index in [0.717, 1.165) is 9.87 Å². The molecule has 0 saturated carbocycles. The number of hydrogen-bond donors (Lipinski definition) is 1. The molecule has 0 saturated heterocycles. The summed E-state index contributed by atoms with van der Waals surface area (Å²) in [6, 6.07) is 14.7. The van der Waals surface area contributed by atoms with Crippen LogP contribution in [-0.4, -0.2) is 51.4 Å². The van der Waals surface area contributed by atoms with Crippen LogP contribution in [0.3, 0.4) is 0 Å². The van der Waals surface area contributed by atoms with E-state index in [1.54, 1.807) is 43.3 Å². The predicted octanol–water partition coefficient (Wildman–Crippen LogP) is 6.10. The lowest BCUT2D eigenvalue weighted by atomic mass is 10.1. The fourth-order valence-electron chi connectivity index (χ4n) is 4.02. The van der Waals surface area contributed by atoms with Gasteiger partial charge in [-0.25, -0.2) is 8.42 Å². The molecule has 0 unspecified atom stereocenters. The Kier molecular flexibility index (Phi) is 11.3. The molecule has 8 nitrogen and oxygen atoms in total.